The Balaban J connectivity index is 0.000000179. The number of nitrogen functional groups attached to an aromatic ring is 1. The molecular formula is C20H18Cl2N2. The van der Waals surface area contributed by atoms with E-state index < -0.39 is 0 Å². The van der Waals surface area contributed by atoms with Gasteiger partial charge < -0.3 is 10.3 Å². The average molecular weight is 357 g/mol. The standard InChI is InChI=1S/C14H14N2.C6H4Cl2/c1-2-16-13-6-4-3-5-11(13)12-9-10(15)7-8-14(12)16;7-5-3-1-2-4-6(5)8/h3-9H,2,15H2,1H3;1-4H. The van der Waals surface area contributed by atoms with Crippen LogP contribution in [-0.2, 0) is 6.54 Å². The number of rotatable bonds is 1. The molecule has 0 aliphatic rings. The molecule has 0 fully saturated rings. The highest BCUT2D eigenvalue weighted by Gasteiger charge is 2.08. The van der Waals surface area contributed by atoms with E-state index in [4.69, 9.17) is 28.9 Å². The molecule has 0 amide bonds. The maximum Gasteiger partial charge on any atom is 0.0592 e. The lowest BCUT2D eigenvalue weighted by Crippen LogP contribution is -1.92. The first-order valence-corrected chi connectivity index (χ1v) is 8.54. The van der Waals surface area contributed by atoms with Crippen LogP contribution in [0, 0.1) is 0 Å². The topological polar surface area (TPSA) is 30.9 Å². The molecule has 4 heteroatoms. The van der Waals surface area contributed by atoms with Crippen LogP contribution in [0.5, 0.6) is 0 Å². The molecule has 0 radical (unpaired) electrons. The van der Waals surface area contributed by atoms with Crippen molar-refractivity contribution in [1.29, 1.82) is 0 Å². The van der Waals surface area contributed by atoms with Gasteiger partial charge in [0.2, 0.25) is 0 Å². The maximum absolute atomic E-state index is 5.86. The van der Waals surface area contributed by atoms with E-state index in [0.717, 1.165) is 12.2 Å². The summed E-state index contributed by atoms with van der Waals surface area (Å²) in [6.45, 7) is 3.15. The first-order valence-electron chi connectivity index (χ1n) is 7.78. The smallest absolute Gasteiger partial charge is 0.0592 e. The molecule has 1 aromatic heterocycles. The third kappa shape index (κ3) is 3.21. The Labute approximate surface area is 151 Å². The molecule has 0 unspecified atom stereocenters. The summed E-state index contributed by atoms with van der Waals surface area (Å²) in [7, 11) is 0. The number of benzene rings is 3. The second kappa shape index (κ2) is 7.16. The van der Waals surface area contributed by atoms with Crippen LogP contribution in [0.3, 0.4) is 0 Å². The Bertz CT molecular complexity index is 968. The molecule has 3 aromatic carbocycles. The van der Waals surface area contributed by atoms with Crippen molar-refractivity contribution in [3.05, 3.63) is 76.8 Å². The number of nitrogens with zero attached hydrogens (tertiary/aromatic N) is 1. The Morgan fingerprint density at radius 3 is 2.00 bits per heavy atom. The van der Waals surface area contributed by atoms with Crippen LogP contribution in [0.25, 0.3) is 21.8 Å². The van der Waals surface area contributed by atoms with E-state index in [1.54, 1.807) is 12.1 Å². The monoisotopic (exact) mass is 356 g/mol. The van der Waals surface area contributed by atoms with Crippen molar-refractivity contribution < 1.29 is 0 Å². The van der Waals surface area contributed by atoms with Crippen LogP contribution in [0.1, 0.15) is 6.92 Å². The highest BCUT2D eigenvalue weighted by Crippen LogP contribution is 2.30. The van der Waals surface area contributed by atoms with E-state index >= 15 is 0 Å². The minimum atomic E-state index is 0.606. The van der Waals surface area contributed by atoms with E-state index in [-0.39, 0.29) is 0 Å². The number of nitrogens with two attached hydrogens (primary N) is 1. The number of hydrogen-bond donors (Lipinski definition) is 1. The van der Waals surface area contributed by atoms with E-state index in [0.29, 0.717) is 10.0 Å². The van der Waals surface area contributed by atoms with Crippen molar-refractivity contribution in [3.8, 4) is 0 Å². The number of hydrogen-bond acceptors (Lipinski definition) is 1. The number of aromatic nitrogens is 1. The van der Waals surface area contributed by atoms with Crippen LogP contribution in [-0.4, -0.2) is 4.57 Å². The molecular weight excluding hydrogens is 339 g/mol. The largest absolute Gasteiger partial charge is 0.399 e. The van der Waals surface area contributed by atoms with E-state index in [1.165, 1.54) is 21.8 Å². The van der Waals surface area contributed by atoms with Gasteiger partial charge in [0, 0.05) is 34.0 Å². The minimum Gasteiger partial charge on any atom is -0.399 e. The predicted molar refractivity (Wildman–Crippen MR) is 106 cm³/mol. The normalized spacial score (nSPS) is 10.6. The number of aryl methyl sites for hydroxylation is 1. The molecule has 2 nitrogen and oxygen atoms in total. The van der Waals surface area contributed by atoms with Crippen LogP contribution >= 0.6 is 23.2 Å². The quantitative estimate of drug-likeness (QED) is 0.393. The van der Waals surface area contributed by atoms with Gasteiger partial charge in [-0.15, -0.1) is 0 Å². The maximum atomic E-state index is 5.86. The average Bonchev–Trinajstić information content (AvgIpc) is 2.91. The molecule has 0 saturated carbocycles. The molecule has 4 rings (SSSR count). The molecule has 122 valence electrons. The molecule has 2 N–H and O–H groups in total. The lowest BCUT2D eigenvalue weighted by Gasteiger charge is -2.02. The van der Waals surface area contributed by atoms with Crippen molar-refractivity contribution in [2.24, 2.45) is 0 Å². The molecule has 24 heavy (non-hydrogen) atoms. The zero-order chi connectivity index (χ0) is 17.1. The molecule has 4 aromatic rings. The number of anilines is 1. The van der Waals surface area contributed by atoms with Crippen LogP contribution < -0.4 is 5.73 Å². The van der Waals surface area contributed by atoms with Crippen LogP contribution in [0.2, 0.25) is 10.0 Å². The zero-order valence-electron chi connectivity index (χ0n) is 13.3. The third-order valence-electron chi connectivity index (χ3n) is 3.94. The number of halogens is 2. The van der Waals surface area contributed by atoms with Gasteiger partial charge in [0.25, 0.3) is 0 Å². The predicted octanol–water partition coefficient (Wildman–Crippen LogP) is 6.39. The Morgan fingerprint density at radius 1 is 0.792 bits per heavy atom. The summed E-state index contributed by atoms with van der Waals surface area (Å²) in [6.07, 6.45) is 0. The first-order chi connectivity index (χ1) is 11.6. The summed E-state index contributed by atoms with van der Waals surface area (Å²) in [5, 5.41) is 3.74. The second-order valence-corrected chi connectivity index (χ2v) is 6.27. The molecule has 0 bridgehead atoms. The van der Waals surface area contributed by atoms with Crippen molar-refractivity contribution >= 4 is 50.7 Å². The van der Waals surface area contributed by atoms with Gasteiger partial charge in [-0.2, -0.15) is 0 Å². The Kier molecular flexibility index (Phi) is 4.98. The van der Waals surface area contributed by atoms with Crippen molar-refractivity contribution in [2.75, 3.05) is 5.73 Å². The van der Waals surface area contributed by atoms with Crippen molar-refractivity contribution in [2.45, 2.75) is 13.5 Å². The zero-order valence-corrected chi connectivity index (χ0v) is 14.9. The Morgan fingerprint density at radius 2 is 1.38 bits per heavy atom. The van der Waals surface area contributed by atoms with Gasteiger partial charge >= 0.3 is 0 Å². The molecule has 0 spiro atoms. The Hall–Kier alpha value is -2.16. The SMILES string of the molecule is CCn1c2ccccc2c2cc(N)ccc21.Clc1ccccc1Cl. The van der Waals surface area contributed by atoms with Gasteiger partial charge in [-0.05, 0) is 43.3 Å². The fraction of sp³-hybridized carbons (Fsp3) is 0.100. The highest BCUT2D eigenvalue weighted by atomic mass is 35.5. The molecule has 0 saturated heterocycles. The van der Waals surface area contributed by atoms with Crippen molar-refractivity contribution in [3.63, 3.8) is 0 Å². The van der Waals surface area contributed by atoms with E-state index in [1.807, 2.05) is 18.2 Å². The summed E-state index contributed by atoms with van der Waals surface area (Å²) >= 11 is 11.2. The van der Waals surface area contributed by atoms with Gasteiger partial charge in [-0.1, -0.05) is 53.5 Å². The van der Waals surface area contributed by atoms with Gasteiger partial charge in [0.1, 0.15) is 0 Å². The summed E-state index contributed by atoms with van der Waals surface area (Å²) in [6, 6.07) is 21.8. The summed E-state index contributed by atoms with van der Waals surface area (Å²) in [4.78, 5) is 0. The summed E-state index contributed by atoms with van der Waals surface area (Å²) in [5.41, 5.74) is 9.23. The van der Waals surface area contributed by atoms with Gasteiger partial charge in [-0.3, -0.25) is 0 Å². The number of para-hydroxylation sites is 1. The fourth-order valence-electron chi connectivity index (χ4n) is 2.85. The summed E-state index contributed by atoms with van der Waals surface area (Å²) < 4.78 is 2.32. The first kappa shape index (κ1) is 16.7. The van der Waals surface area contributed by atoms with E-state index in [9.17, 15) is 0 Å². The highest BCUT2D eigenvalue weighted by molar-refractivity contribution is 6.41. The lowest BCUT2D eigenvalue weighted by molar-refractivity contribution is 0.827. The third-order valence-corrected chi connectivity index (χ3v) is 4.69. The summed E-state index contributed by atoms with van der Waals surface area (Å²) in [5.74, 6) is 0. The van der Waals surface area contributed by atoms with Gasteiger partial charge in [0.05, 0.1) is 10.0 Å². The number of fused-ring (bicyclic) bond motifs is 3. The fourth-order valence-corrected chi connectivity index (χ4v) is 3.12. The van der Waals surface area contributed by atoms with Crippen molar-refractivity contribution in [1.82, 2.24) is 4.57 Å². The molecule has 0 aliphatic heterocycles. The lowest BCUT2D eigenvalue weighted by atomic mass is 10.1. The molecule has 1 heterocycles. The minimum absolute atomic E-state index is 0.606. The van der Waals surface area contributed by atoms with Crippen LogP contribution in [0.15, 0.2) is 66.7 Å². The van der Waals surface area contributed by atoms with Crippen LogP contribution in [0.4, 0.5) is 5.69 Å². The molecule has 0 atom stereocenters. The van der Waals surface area contributed by atoms with E-state index in [2.05, 4.69) is 47.9 Å². The molecule has 0 aliphatic carbocycles. The van der Waals surface area contributed by atoms with Gasteiger partial charge in [0.15, 0.2) is 0 Å². The second-order valence-electron chi connectivity index (χ2n) is 5.45. The van der Waals surface area contributed by atoms with Gasteiger partial charge in [-0.25, -0.2) is 0 Å².